The van der Waals surface area contributed by atoms with Crippen LogP contribution in [-0.4, -0.2) is 22.6 Å². The van der Waals surface area contributed by atoms with Crippen LogP contribution in [0.5, 0.6) is 5.75 Å². The molecule has 27 heavy (non-hydrogen) atoms. The molecule has 0 spiro atoms. The molecular weight excluding hydrogens is 339 g/mol. The highest BCUT2D eigenvalue weighted by Crippen LogP contribution is 2.34. The van der Waals surface area contributed by atoms with Gasteiger partial charge in [0.05, 0.1) is 12.6 Å². The third kappa shape index (κ3) is 3.76. The Balaban J connectivity index is 1.71. The van der Waals surface area contributed by atoms with Crippen LogP contribution >= 0.6 is 0 Å². The maximum atomic E-state index is 14.3. The number of hydrogen-bond donors (Lipinski definition) is 0. The van der Waals surface area contributed by atoms with Crippen molar-refractivity contribution in [3.05, 3.63) is 89.5 Å². The zero-order chi connectivity index (χ0) is 18.6. The van der Waals surface area contributed by atoms with Crippen molar-refractivity contribution >= 4 is 0 Å². The van der Waals surface area contributed by atoms with Crippen molar-refractivity contribution in [1.82, 2.24) is 9.47 Å². The van der Waals surface area contributed by atoms with Gasteiger partial charge in [-0.05, 0) is 49.2 Å². The average molecular weight is 364 g/mol. The van der Waals surface area contributed by atoms with Gasteiger partial charge >= 0.3 is 0 Å². The van der Waals surface area contributed by atoms with E-state index in [4.69, 9.17) is 4.74 Å². The van der Waals surface area contributed by atoms with E-state index in [9.17, 15) is 4.39 Å². The van der Waals surface area contributed by atoms with E-state index < -0.39 is 0 Å². The first kappa shape index (κ1) is 17.8. The van der Waals surface area contributed by atoms with Gasteiger partial charge in [0.15, 0.2) is 0 Å². The minimum Gasteiger partial charge on any atom is -0.494 e. The number of nitrogens with zero attached hydrogens (tertiary/aromatic N) is 2. The molecule has 0 aliphatic carbocycles. The first-order valence-electron chi connectivity index (χ1n) is 9.61. The molecule has 0 fully saturated rings. The van der Waals surface area contributed by atoms with Crippen LogP contribution in [0.15, 0.2) is 66.9 Å². The summed E-state index contributed by atoms with van der Waals surface area (Å²) in [5.41, 5.74) is 3.21. The predicted molar refractivity (Wildman–Crippen MR) is 105 cm³/mol. The molecule has 3 nitrogen and oxygen atoms in total. The number of aromatic nitrogens is 1. The van der Waals surface area contributed by atoms with Crippen LogP contribution in [0.4, 0.5) is 4.39 Å². The Kier molecular flexibility index (Phi) is 5.26. The normalized spacial score (nSPS) is 17.3. The Morgan fingerprint density at radius 1 is 1.00 bits per heavy atom. The molecule has 4 rings (SSSR count). The van der Waals surface area contributed by atoms with Crippen molar-refractivity contribution in [2.24, 2.45) is 0 Å². The van der Waals surface area contributed by atoms with Crippen LogP contribution in [-0.2, 0) is 13.1 Å². The van der Waals surface area contributed by atoms with Crippen molar-refractivity contribution in [3.8, 4) is 5.75 Å². The molecular formula is C23H25FN2O. The van der Waals surface area contributed by atoms with Gasteiger partial charge in [-0.3, -0.25) is 4.90 Å². The minimum absolute atomic E-state index is 0.0952. The van der Waals surface area contributed by atoms with Gasteiger partial charge in [-0.2, -0.15) is 0 Å². The second-order valence-electron chi connectivity index (χ2n) is 6.95. The second kappa shape index (κ2) is 7.97. The summed E-state index contributed by atoms with van der Waals surface area (Å²) in [6.07, 6.45) is 3.19. The molecule has 1 atom stereocenters. The molecule has 0 amide bonds. The summed E-state index contributed by atoms with van der Waals surface area (Å²) in [4.78, 5) is 2.38. The summed E-state index contributed by atoms with van der Waals surface area (Å²) < 4.78 is 22.2. The van der Waals surface area contributed by atoms with E-state index >= 15 is 0 Å². The lowest BCUT2D eigenvalue weighted by molar-refractivity contribution is 0.217. The second-order valence-corrected chi connectivity index (χ2v) is 6.95. The number of ether oxygens (including phenoxy) is 1. The van der Waals surface area contributed by atoms with Gasteiger partial charge in [-0.15, -0.1) is 0 Å². The molecule has 3 aromatic rings. The molecule has 0 unspecified atom stereocenters. The van der Waals surface area contributed by atoms with Crippen LogP contribution in [0, 0.1) is 5.82 Å². The van der Waals surface area contributed by atoms with E-state index in [1.54, 1.807) is 12.1 Å². The topological polar surface area (TPSA) is 17.4 Å². The third-order valence-corrected chi connectivity index (χ3v) is 5.19. The Labute approximate surface area is 160 Å². The van der Waals surface area contributed by atoms with Crippen LogP contribution < -0.4 is 4.74 Å². The van der Waals surface area contributed by atoms with E-state index in [1.807, 2.05) is 31.2 Å². The van der Waals surface area contributed by atoms with Gasteiger partial charge in [-0.1, -0.05) is 30.3 Å². The molecule has 0 bridgehead atoms. The quantitative estimate of drug-likeness (QED) is 0.632. The Morgan fingerprint density at radius 2 is 1.81 bits per heavy atom. The number of aryl methyl sites for hydroxylation is 1. The smallest absolute Gasteiger partial charge is 0.127 e. The molecule has 0 saturated heterocycles. The highest BCUT2D eigenvalue weighted by Gasteiger charge is 2.27. The number of fused-ring (bicyclic) bond motifs is 1. The largest absolute Gasteiger partial charge is 0.494 e. The molecule has 1 aliphatic heterocycles. The molecule has 0 radical (unpaired) electrons. The van der Waals surface area contributed by atoms with E-state index in [2.05, 4.69) is 39.9 Å². The first-order chi connectivity index (χ1) is 13.3. The van der Waals surface area contributed by atoms with Gasteiger partial charge < -0.3 is 9.30 Å². The summed E-state index contributed by atoms with van der Waals surface area (Å²) in [7, 11) is 0. The lowest BCUT2D eigenvalue weighted by Gasteiger charge is -2.31. The van der Waals surface area contributed by atoms with Crippen molar-refractivity contribution in [1.29, 1.82) is 0 Å². The van der Waals surface area contributed by atoms with Crippen molar-refractivity contribution in [3.63, 3.8) is 0 Å². The summed E-state index contributed by atoms with van der Waals surface area (Å²) in [6, 6.07) is 19.8. The maximum absolute atomic E-state index is 14.3. The van der Waals surface area contributed by atoms with E-state index in [-0.39, 0.29) is 11.9 Å². The van der Waals surface area contributed by atoms with Crippen molar-refractivity contribution in [2.45, 2.75) is 32.5 Å². The van der Waals surface area contributed by atoms with Gasteiger partial charge in [0.1, 0.15) is 11.6 Å². The van der Waals surface area contributed by atoms with Gasteiger partial charge in [0, 0.05) is 37.1 Å². The number of rotatable bonds is 5. The third-order valence-electron chi connectivity index (χ3n) is 5.19. The van der Waals surface area contributed by atoms with Gasteiger partial charge in [-0.25, -0.2) is 4.39 Å². The lowest BCUT2D eigenvalue weighted by atomic mass is 10.0. The molecule has 0 saturated carbocycles. The number of hydrogen-bond acceptors (Lipinski definition) is 2. The molecule has 2 heterocycles. The fraction of sp³-hybridized carbons (Fsp3) is 0.304. The van der Waals surface area contributed by atoms with Crippen LogP contribution in [0.25, 0.3) is 0 Å². The molecule has 2 aromatic carbocycles. The Hall–Kier alpha value is -2.59. The van der Waals surface area contributed by atoms with Gasteiger partial charge in [0.2, 0.25) is 0 Å². The zero-order valence-electron chi connectivity index (χ0n) is 15.6. The zero-order valence-corrected chi connectivity index (χ0v) is 15.6. The predicted octanol–water partition coefficient (Wildman–Crippen LogP) is 5.02. The Bertz CT molecular complexity index is 887. The molecule has 1 aromatic heterocycles. The monoisotopic (exact) mass is 364 g/mol. The molecule has 4 heteroatoms. The minimum atomic E-state index is -0.137. The van der Waals surface area contributed by atoms with Crippen molar-refractivity contribution < 1.29 is 9.13 Å². The number of benzene rings is 2. The highest BCUT2D eigenvalue weighted by atomic mass is 19.1. The van der Waals surface area contributed by atoms with E-state index in [0.717, 1.165) is 30.8 Å². The first-order valence-corrected chi connectivity index (χ1v) is 9.61. The van der Waals surface area contributed by atoms with Crippen LogP contribution in [0.2, 0.25) is 0 Å². The molecule has 0 N–H and O–H groups in total. The SMILES string of the molecule is CCOc1ccc([C@@H]2c3cccn3CCCN2Cc2ccccc2F)cc1. The summed E-state index contributed by atoms with van der Waals surface area (Å²) in [5, 5.41) is 0. The summed E-state index contributed by atoms with van der Waals surface area (Å²) >= 11 is 0. The van der Waals surface area contributed by atoms with Crippen LogP contribution in [0.1, 0.15) is 36.2 Å². The summed E-state index contributed by atoms with van der Waals surface area (Å²) in [5.74, 6) is 0.744. The van der Waals surface area contributed by atoms with E-state index in [1.165, 1.54) is 11.3 Å². The molecule has 140 valence electrons. The highest BCUT2D eigenvalue weighted by molar-refractivity contribution is 5.35. The fourth-order valence-corrected chi connectivity index (χ4v) is 3.95. The maximum Gasteiger partial charge on any atom is 0.127 e. The standard InChI is InChI=1S/C23H25FN2O/c1-2-27-20-12-10-18(11-13-20)23-22-9-5-14-25(22)15-6-16-26(23)17-19-7-3-4-8-21(19)24/h3-5,7-14,23H,2,6,15-17H2,1H3/t23-/m1/s1. The van der Waals surface area contributed by atoms with Crippen LogP contribution in [0.3, 0.4) is 0 Å². The van der Waals surface area contributed by atoms with E-state index in [0.29, 0.717) is 13.2 Å². The number of halogens is 1. The Morgan fingerprint density at radius 3 is 2.59 bits per heavy atom. The fourth-order valence-electron chi connectivity index (χ4n) is 3.95. The van der Waals surface area contributed by atoms with Crippen molar-refractivity contribution in [2.75, 3.05) is 13.2 Å². The molecule has 1 aliphatic rings. The lowest BCUT2D eigenvalue weighted by Crippen LogP contribution is -2.29. The average Bonchev–Trinajstić information content (AvgIpc) is 3.06. The van der Waals surface area contributed by atoms with Gasteiger partial charge in [0.25, 0.3) is 0 Å². The summed E-state index contributed by atoms with van der Waals surface area (Å²) in [6.45, 7) is 5.15.